The van der Waals surface area contributed by atoms with Gasteiger partial charge in [-0.15, -0.1) is 0 Å². The van der Waals surface area contributed by atoms with Gasteiger partial charge in [-0.3, -0.25) is 9.59 Å². The first kappa shape index (κ1) is 21.5. The average Bonchev–Trinajstić information content (AvgIpc) is 2.60. The van der Waals surface area contributed by atoms with Crippen LogP contribution in [-0.4, -0.2) is 17.9 Å². The molecule has 4 nitrogen and oxygen atoms in total. The number of nitrogens with one attached hydrogen (secondary N) is 2. The third kappa shape index (κ3) is 5.62. The number of hydrogen-bond acceptors (Lipinski definition) is 2. The van der Waals surface area contributed by atoms with Gasteiger partial charge in [-0.05, 0) is 43.9 Å². The largest absolute Gasteiger partial charge is 0.348 e. The normalized spacial score (nSPS) is 13.1. The molecule has 0 aliphatic rings. The quantitative estimate of drug-likeness (QED) is 0.743. The van der Waals surface area contributed by atoms with Gasteiger partial charge in [0, 0.05) is 17.2 Å². The molecule has 2 N–H and O–H groups in total. The van der Waals surface area contributed by atoms with Gasteiger partial charge in [0.15, 0.2) is 0 Å². The Bertz CT molecular complexity index is 852. The molecule has 2 aromatic carbocycles. The molecule has 0 fully saturated rings. The molecule has 0 saturated heterocycles. The van der Waals surface area contributed by atoms with Crippen LogP contribution in [0.1, 0.15) is 54.7 Å². The minimum absolute atomic E-state index is 0.158. The fourth-order valence-corrected chi connectivity index (χ4v) is 3.01. The maximum absolute atomic E-state index is 14.0. The molecule has 0 bridgehead atoms. The Balaban J connectivity index is 2.14. The summed E-state index contributed by atoms with van der Waals surface area (Å²) in [5, 5.41) is 5.50. The number of benzene rings is 2. The van der Waals surface area contributed by atoms with Crippen molar-refractivity contribution in [3.8, 4) is 0 Å². The van der Waals surface area contributed by atoms with Crippen molar-refractivity contribution in [3.63, 3.8) is 0 Å². The van der Waals surface area contributed by atoms with E-state index in [9.17, 15) is 18.4 Å². The smallest absolute Gasteiger partial charge is 0.252 e. The van der Waals surface area contributed by atoms with E-state index in [1.807, 2.05) is 32.9 Å². The summed E-state index contributed by atoms with van der Waals surface area (Å²) in [7, 11) is 0. The summed E-state index contributed by atoms with van der Waals surface area (Å²) in [6.07, 6.45) is 0.433. The fraction of sp³-hybridized carbons (Fsp3) is 0.364. The zero-order chi connectivity index (χ0) is 20.8. The summed E-state index contributed by atoms with van der Waals surface area (Å²) >= 11 is 0. The van der Waals surface area contributed by atoms with E-state index in [-0.39, 0.29) is 17.4 Å². The molecule has 0 aromatic heterocycles. The molecule has 0 aliphatic carbocycles. The van der Waals surface area contributed by atoms with Gasteiger partial charge in [0.1, 0.15) is 17.7 Å². The van der Waals surface area contributed by atoms with Gasteiger partial charge in [-0.1, -0.05) is 38.1 Å². The van der Waals surface area contributed by atoms with Crippen LogP contribution in [0, 0.1) is 24.5 Å². The van der Waals surface area contributed by atoms with Crippen molar-refractivity contribution in [2.24, 2.45) is 5.92 Å². The highest BCUT2D eigenvalue weighted by Gasteiger charge is 2.25. The Morgan fingerprint density at radius 3 is 2.29 bits per heavy atom. The predicted molar refractivity (Wildman–Crippen MR) is 105 cm³/mol. The third-order valence-electron chi connectivity index (χ3n) is 4.51. The first-order valence-electron chi connectivity index (χ1n) is 9.30. The van der Waals surface area contributed by atoms with E-state index in [0.29, 0.717) is 12.0 Å². The Labute approximate surface area is 164 Å². The lowest BCUT2D eigenvalue weighted by molar-refractivity contribution is -0.124. The van der Waals surface area contributed by atoms with Crippen LogP contribution < -0.4 is 10.6 Å². The highest BCUT2D eigenvalue weighted by molar-refractivity contribution is 5.98. The van der Waals surface area contributed by atoms with Crippen LogP contribution in [0.3, 0.4) is 0 Å². The summed E-state index contributed by atoms with van der Waals surface area (Å²) in [5.41, 5.74) is 1.50. The van der Waals surface area contributed by atoms with Gasteiger partial charge in [0.05, 0.1) is 6.04 Å². The molecule has 6 heteroatoms. The number of carbonyl (C=O) groups excluding carboxylic acids is 2. The summed E-state index contributed by atoms with van der Waals surface area (Å²) in [5.74, 6) is -1.99. The van der Waals surface area contributed by atoms with Gasteiger partial charge < -0.3 is 10.6 Å². The monoisotopic (exact) mass is 388 g/mol. The molecule has 150 valence electrons. The maximum Gasteiger partial charge on any atom is 0.252 e. The summed E-state index contributed by atoms with van der Waals surface area (Å²) in [6, 6.07) is 8.92. The van der Waals surface area contributed by atoms with E-state index in [4.69, 9.17) is 0 Å². The van der Waals surface area contributed by atoms with E-state index < -0.39 is 29.6 Å². The van der Waals surface area contributed by atoms with E-state index in [0.717, 1.165) is 17.7 Å². The van der Waals surface area contributed by atoms with Crippen LogP contribution in [-0.2, 0) is 4.79 Å². The lowest BCUT2D eigenvalue weighted by Crippen LogP contribution is -2.48. The van der Waals surface area contributed by atoms with E-state index in [1.54, 1.807) is 19.1 Å². The van der Waals surface area contributed by atoms with Crippen molar-refractivity contribution >= 4 is 11.8 Å². The summed E-state index contributed by atoms with van der Waals surface area (Å²) in [4.78, 5) is 25.4. The zero-order valence-electron chi connectivity index (χ0n) is 16.6. The zero-order valence-corrected chi connectivity index (χ0v) is 16.6. The van der Waals surface area contributed by atoms with Gasteiger partial charge in [-0.2, -0.15) is 0 Å². The second-order valence-electron chi connectivity index (χ2n) is 7.37. The number of rotatable bonds is 7. The van der Waals surface area contributed by atoms with E-state index in [2.05, 4.69) is 10.6 Å². The highest BCUT2D eigenvalue weighted by atomic mass is 19.1. The third-order valence-corrected chi connectivity index (χ3v) is 4.51. The van der Waals surface area contributed by atoms with Gasteiger partial charge in [0.2, 0.25) is 5.91 Å². The van der Waals surface area contributed by atoms with Crippen LogP contribution in [0.25, 0.3) is 0 Å². The van der Waals surface area contributed by atoms with Crippen molar-refractivity contribution < 1.29 is 18.4 Å². The van der Waals surface area contributed by atoms with E-state index in [1.165, 1.54) is 6.07 Å². The van der Waals surface area contributed by atoms with Crippen molar-refractivity contribution in [1.29, 1.82) is 0 Å². The van der Waals surface area contributed by atoms with Gasteiger partial charge >= 0.3 is 0 Å². The molecule has 2 atom stereocenters. The van der Waals surface area contributed by atoms with Gasteiger partial charge in [0.25, 0.3) is 5.91 Å². The highest BCUT2D eigenvalue weighted by Crippen LogP contribution is 2.18. The van der Waals surface area contributed by atoms with Crippen LogP contribution in [0.5, 0.6) is 0 Å². The lowest BCUT2D eigenvalue weighted by Gasteiger charge is -2.23. The molecule has 0 radical (unpaired) electrons. The Morgan fingerprint density at radius 2 is 1.68 bits per heavy atom. The van der Waals surface area contributed by atoms with Crippen molar-refractivity contribution in [3.05, 3.63) is 70.8 Å². The van der Waals surface area contributed by atoms with Crippen LogP contribution in [0.15, 0.2) is 42.5 Å². The number of carbonyl (C=O) groups is 2. The first-order valence-corrected chi connectivity index (χ1v) is 9.30. The fourth-order valence-electron chi connectivity index (χ4n) is 3.01. The molecular weight excluding hydrogens is 362 g/mol. The molecular formula is C22H26F2N2O2. The average molecular weight is 388 g/mol. The number of aryl methyl sites for hydroxylation is 1. The molecule has 2 rings (SSSR count). The van der Waals surface area contributed by atoms with Crippen molar-refractivity contribution in [1.82, 2.24) is 10.6 Å². The second kappa shape index (κ2) is 9.44. The molecule has 0 heterocycles. The molecule has 2 amide bonds. The molecule has 0 aliphatic heterocycles. The second-order valence-corrected chi connectivity index (χ2v) is 7.37. The Morgan fingerprint density at radius 1 is 1.00 bits per heavy atom. The SMILES string of the molecule is Cc1ccccc1C(=O)N[C@@H](CC(C)C)C(=O)N[C@H](C)c1ccc(F)cc1F. The van der Waals surface area contributed by atoms with Gasteiger partial charge in [-0.25, -0.2) is 8.78 Å². The molecule has 0 spiro atoms. The van der Waals surface area contributed by atoms with Crippen LogP contribution in [0.2, 0.25) is 0 Å². The van der Waals surface area contributed by atoms with E-state index >= 15 is 0 Å². The molecule has 2 aromatic rings. The standard InChI is InChI=1S/C22H26F2N2O2/c1-13(2)11-20(26-21(27)17-8-6-5-7-14(17)3)22(28)25-15(4)18-10-9-16(23)12-19(18)24/h5-10,12-13,15,20H,11H2,1-4H3,(H,25,28)(H,26,27)/t15-,20+/m1/s1. The molecule has 0 unspecified atom stereocenters. The molecule has 0 saturated carbocycles. The Hall–Kier alpha value is -2.76. The number of hydrogen-bond donors (Lipinski definition) is 2. The lowest BCUT2D eigenvalue weighted by atomic mass is 10.0. The number of halogens is 2. The summed E-state index contributed by atoms with van der Waals surface area (Å²) in [6.45, 7) is 7.34. The molecule has 28 heavy (non-hydrogen) atoms. The maximum atomic E-state index is 14.0. The predicted octanol–water partition coefficient (Wildman–Crippen LogP) is 4.30. The summed E-state index contributed by atoms with van der Waals surface area (Å²) < 4.78 is 27.1. The number of amides is 2. The van der Waals surface area contributed by atoms with Crippen molar-refractivity contribution in [2.75, 3.05) is 0 Å². The first-order chi connectivity index (χ1) is 13.2. The van der Waals surface area contributed by atoms with Crippen LogP contribution in [0.4, 0.5) is 8.78 Å². The van der Waals surface area contributed by atoms with Crippen molar-refractivity contribution in [2.45, 2.75) is 46.2 Å². The minimum Gasteiger partial charge on any atom is -0.348 e. The van der Waals surface area contributed by atoms with Crippen LogP contribution >= 0.6 is 0 Å². The topological polar surface area (TPSA) is 58.2 Å². The minimum atomic E-state index is -0.766. The Kier molecular flexibility index (Phi) is 7.26.